The van der Waals surface area contributed by atoms with Gasteiger partial charge < -0.3 is 14.8 Å². The van der Waals surface area contributed by atoms with E-state index in [9.17, 15) is 4.79 Å². The molecule has 4 heteroatoms. The van der Waals surface area contributed by atoms with Crippen LogP contribution in [0.25, 0.3) is 0 Å². The maximum atomic E-state index is 12.5. The van der Waals surface area contributed by atoms with E-state index in [1.54, 1.807) is 0 Å². The Balaban J connectivity index is 1.47. The number of amides is 1. The van der Waals surface area contributed by atoms with E-state index in [1.165, 1.54) is 35.1 Å². The second-order valence-corrected chi connectivity index (χ2v) is 7.54. The monoisotopic (exact) mass is 381 g/mol. The van der Waals surface area contributed by atoms with Gasteiger partial charge in [-0.05, 0) is 92.5 Å². The highest BCUT2D eigenvalue weighted by Crippen LogP contribution is 2.26. The van der Waals surface area contributed by atoms with Crippen molar-refractivity contribution in [2.45, 2.75) is 59.0 Å². The van der Waals surface area contributed by atoms with Gasteiger partial charge >= 0.3 is 0 Å². The minimum Gasteiger partial charge on any atom is -0.492 e. The van der Waals surface area contributed by atoms with Crippen LogP contribution in [-0.4, -0.2) is 25.2 Å². The lowest BCUT2D eigenvalue weighted by Crippen LogP contribution is -2.39. The van der Waals surface area contributed by atoms with Gasteiger partial charge in [-0.25, -0.2) is 0 Å². The molecule has 1 aliphatic carbocycles. The Morgan fingerprint density at radius 1 is 1.00 bits per heavy atom. The number of fused-ring (bicyclic) bond motifs is 1. The summed E-state index contributed by atoms with van der Waals surface area (Å²) >= 11 is 0. The zero-order chi connectivity index (χ0) is 19.9. The Hall–Kier alpha value is -2.49. The number of carbonyl (C=O) groups excluding carboxylic acids is 1. The Bertz CT molecular complexity index is 815. The van der Waals surface area contributed by atoms with Gasteiger partial charge in [0.1, 0.15) is 18.1 Å². The van der Waals surface area contributed by atoms with Crippen LogP contribution < -0.4 is 14.8 Å². The third-order valence-electron chi connectivity index (χ3n) is 5.41. The number of hydrogen-bond donors (Lipinski definition) is 1. The molecule has 0 heterocycles. The van der Waals surface area contributed by atoms with Crippen LogP contribution in [0.2, 0.25) is 0 Å². The first-order chi connectivity index (χ1) is 13.6. The van der Waals surface area contributed by atoms with Crippen LogP contribution in [0.15, 0.2) is 36.4 Å². The number of carbonyl (C=O) groups is 1. The molecule has 0 aromatic heterocycles. The minimum absolute atomic E-state index is 0.0936. The highest BCUT2D eigenvalue weighted by molar-refractivity contribution is 5.81. The van der Waals surface area contributed by atoms with Gasteiger partial charge in [-0.3, -0.25) is 4.79 Å². The Morgan fingerprint density at radius 3 is 2.50 bits per heavy atom. The molecule has 0 saturated carbocycles. The van der Waals surface area contributed by atoms with E-state index in [2.05, 4.69) is 31.3 Å². The van der Waals surface area contributed by atoms with Gasteiger partial charge in [0.2, 0.25) is 0 Å². The summed E-state index contributed by atoms with van der Waals surface area (Å²) in [4.78, 5) is 12.5. The van der Waals surface area contributed by atoms with Crippen molar-refractivity contribution in [3.8, 4) is 11.5 Å². The average Bonchev–Trinajstić information content (AvgIpc) is 2.71. The summed E-state index contributed by atoms with van der Waals surface area (Å²) < 4.78 is 11.7. The van der Waals surface area contributed by atoms with Crippen LogP contribution in [0.5, 0.6) is 11.5 Å². The van der Waals surface area contributed by atoms with Crippen molar-refractivity contribution in [3.63, 3.8) is 0 Å². The molecule has 0 aliphatic heterocycles. The minimum atomic E-state index is -0.483. The summed E-state index contributed by atoms with van der Waals surface area (Å²) in [5.74, 6) is 1.52. The molecule has 2 aromatic carbocycles. The number of hydrogen-bond acceptors (Lipinski definition) is 3. The van der Waals surface area contributed by atoms with Crippen molar-refractivity contribution in [2.24, 2.45) is 0 Å². The number of ether oxygens (including phenoxy) is 2. The second kappa shape index (κ2) is 9.63. The number of rotatable bonds is 8. The topological polar surface area (TPSA) is 47.6 Å². The summed E-state index contributed by atoms with van der Waals surface area (Å²) in [5.41, 5.74) is 5.22. The zero-order valence-electron chi connectivity index (χ0n) is 17.2. The number of aryl methyl sites for hydroxylation is 4. The molecule has 0 saturated heterocycles. The van der Waals surface area contributed by atoms with Crippen molar-refractivity contribution in [1.82, 2.24) is 5.32 Å². The summed E-state index contributed by atoms with van der Waals surface area (Å²) in [6.07, 6.45) is 4.88. The van der Waals surface area contributed by atoms with Crippen LogP contribution >= 0.6 is 0 Å². The third kappa shape index (κ3) is 5.28. The molecule has 1 N–H and O–H groups in total. The van der Waals surface area contributed by atoms with Gasteiger partial charge in [0, 0.05) is 0 Å². The van der Waals surface area contributed by atoms with Crippen LogP contribution in [0, 0.1) is 13.8 Å². The lowest BCUT2D eigenvalue weighted by molar-refractivity contribution is -0.128. The van der Waals surface area contributed by atoms with Gasteiger partial charge in [0.25, 0.3) is 5.91 Å². The van der Waals surface area contributed by atoms with E-state index >= 15 is 0 Å². The molecule has 150 valence electrons. The summed E-state index contributed by atoms with van der Waals surface area (Å²) in [7, 11) is 0. The van der Waals surface area contributed by atoms with Gasteiger partial charge in [0.05, 0.1) is 6.54 Å². The van der Waals surface area contributed by atoms with Crippen LogP contribution in [-0.2, 0) is 17.6 Å². The quantitative estimate of drug-likeness (QED) is 0.683. The molecule has 1 amide bonds. The Labute approximate surface area is 168 Å². The van der Waals surface area contributed by atoms with Crippen LogP contribution in [0.4, 0.5) is 0 Å². The van der Waals surface area contributed by atoms with Crippen molar-refractivity contribution in [2.75, 3.05) is 13.2 Å². The summed E-state index contributed by atoms with van der Waals surface area (Å²) in [6.45, 7) is 6.99. The molecular formula is C24H31NO3. The van der Waals surface area contributed by atoms with Crippen molar-refractivity contribution >= 4 is 5.91 Å². The molecular weight excluding hydrogens is 350 g/mol. The lowest BCUT2D eigenvalue weighted by atomic mass is 9.92. The van der Waals surface area contributed by atoms with Crippen LogP contribution in [0.3, 0.4) is 0 Å². The van der Waals surface area contributed by atoms with Gasteiger partial charge in [-0.2, -0.15) is 0 Å². The maximum absolute atomic E-state index is 12.5. The smallest absolute Gasteiger partial charge is 0.261 e. The lowest BCUT2D eigenvalue weighted by Gasteiger charge is -2.20. The molecule has 4 nitrogen and oxygen atoms in total. The Morgan fingerprint density at radius 2 is 1.75 bits per heavy atom. The number of benzene rings is 2. The van der Waals surface area contributed by atoms with E-state index in [4.69, 9.17) is 9.47 Å². The first-order valence-electron chi connectivity index (χ1n) is 10.3. The highest BCUT2D eigenvalue weighted by Gasteiger charge is 2.19. The molecule has 0 radical (unpaired) electrons. The number of nitrogens with one attached hydrogen (secondary N) is 1. The van der Waals surface area contributed by atoms with Gasteiger partial charge in [-0.15, -0.1) is 0 Å². The van der Waals surface area contributed by atoms with Crippen molar-refractivity contribution < 1.29 is 14.3 Å². The summed E-state index contributed by atoms with van der Waals surface area (Å²) in [5, 5.41) is 2.92. The van der Waals surface area contributed by atoms with E-state index in [0.717, 1.165) is 24.3 Å². The molecule has 3 rings (SSSR count). The van der Waals surface area contributed by atoms with Crippen molar-refractivity contribution in [1.29, 1.82) is 0 Å². The zero-order valence-corrected chi connectivity index (χ0v) is 17.2. The van der Waals surface area contributed by atoms with E-state index in [1.807, 2.05) is 31.2 Å². The Kier molecular flexibility index (Phi) is 6.96. The molecule has 0 bridgehead atoms. The molecule has 0 spiro atoms. The third-order valence-corrected chi connectivity index (χ3v) is 5.41. The predicted molar refractivity (Wildman–Crippen MR) is 112 cm³/mol. The van der Waals surface area contributed by atoms with Gasteiger partial charge in [-0.1, -0.05) is 19.1 Å². The van der Waals surface area contributed by atoms with Crippen LogP contribution in [0.1, 0.15) is 48.4 Å². The van der Waals surface area contributed by atoms with E-state index in [0.29, 0.717) is 19.6 Å². The summed E-state index contributed by atoms with van der Waals surface area (Å²) in [6, 6.07) is 12.3. The highest BCUT2D eigenvalue weighted by atomic mass is 16.5. The first kappa shape index (κ1) is 20.2. The molecule has 0 unspecified atom stereocenters. The normalized spacial score (nSPS) is 14.1. The molecule has 1 aliphatic rings. The van der Waals surface area contributed by atoms with Crippen molar-refractivity contribution in [3.05, 3.63) is 58.7 Å². The fraction of sp³-hybridized carbons (Fsp3) is 0.458. The average molecular weight is 382 g/mol. The van der Waals surface area contributed by atoms with E-state index < -0.39 is 6.10 Å². The molecule has 0 fully saturated rings. The van der Waals surface area contributed by atoms with Gasteiger partial charge in [0.15, 0.2) is 6.10 Å². The largest absolute Gasteiger partial charge is 0.492 e. The second-order valence-electron chi connectivity index (χ2n) is 7.54. The molecule has 1 atom stereocenters. The molecule has 28 heavy (non-hydrogen) atoms. The SMILES string of the molecule is CC[C@@H](Oc1ccc2c(c1)CCCC2)C(=O)NCCOc1ccc(C)c(C)c1. The fourth-order valence-corrected chi connectivity index (χ4v) is 3.53. The standard InChI is InChI=1S/C24H31NO3/c1-4-23(28-22-12-10-19-7-5-6-8-20(19)16-22)24(26)25-13-14-27-21-11-9-17(2)18(3)15-21/h9-12,15-16,23H,4-8,13-14H2,1-3H3,(H,25,26)/t23-/m1/s1. The maximum Gasteiger partial charge on any atom is 0.261 e. The first-order valence-corrected chi connectivity index (χ1v) is 10.3. The fourth-order valence-electron chi connectivity index (χ4n) is 3.53. The predicted octanol–water partition coefficient (Wildman–Crippen LogP) is 4.53. The van der Waals surface area contributed by atoms with E-state index in [-0.39, 0.29) is 5.91 Å². The molecule has 2 aromatic rings.